The van der Waals surface area contributed by atoms with Crippen LogP contribution in [0.15, 0.2) is 47.5 Å². The molecule has 1 heterocycles. The zero-order valence-electron chi connectivity index (χ0n) is 12.1. The number of nitrogens with zero attached hydrogens (tertiary/aromatic N) is 1. The van der Waals surface area contributed by atoms with E-state index in [4.69, 9.17) is 0 Å². The predicted molar refractivity (Wildman–Crippen MR) is 85.0 cm³/mol. The van der Waals surface area contributed by atoms with Crippen LogP contribution in [0.1, 0.15) is 18.9 Å². The second-order valence-electron chi connectivity index (χ2n) is 4.75. The van der Waals surface area contributed by atoms with E-state index < -0.39 is 10.0 Å². The molecule has 0 aliphatic heterocycles. The number of hydrogen-bond donors (Lipinski definition) is 2. The second kappa shape index (κ2) is 6.58. The average molecular weight is 305 g/mol. The Balaban J connectivity index is 2.29. The first-order valence-corrected chi connectivity index (χ1v) is 8.29. The molecule has 0 radical (unpaired) electrons. The Morgan fingerprint density at radius 1 is 1.14 bits per heavy atom. The number of para-hydroxylation sites is 1. The van der Waals surface area contributed by atoms with Crippen LogP contribution in [0, 0.1) is 6.92 Å². The summed E-state index contributed by atoms with van der Waals surface area (Å²) in [5.74, 6) is 0.311. The van der Waals surface area contributed by atoms with Crippen molar-refractivity contribution < 1.29 is 8.42 Å². The number of nitrogens with one attached hydrogen (secondary N) is 2. The monoisotopic (exact) mass is 305 g/mol. The van der Waals surface area contributed by atoms with Crippen molar-refractivity contribution in [3.05, 3.63) is 48.2 Å². The van der Waals surface area contributed by atoms with Crippen molar-refractivity contribution in [2.45, 2.75) is 25.2 Å². The molecule has 2 rings (SSSR count). The van der Waals surface area contributed by atoms with Crippen molar-refractivity contribution >= 4 is 21.5 Å². The molecule has 0 unspecified atom stereocenters. The summed E-state index contributed by atoms with van der Waals surface area (Å²) >= 11 is 0. The number of anilines is 2. The Labute approximate surface area is 125 Å². The van der Waals surface area contributed by atoms with Crippen LogP contribution in [0.3, 0.4) is 0 Å². The number of hydrogen-bond acceptors (Lipinski definition) is 4. The third kappa shape index (κ3) is 3.95. The average Bonchev–Trinajstić information content (AvgIpc) is 2.47. The minimum atomic E-state index is -3.66. The smallest absolute Gasteiger partial charge is 0.265 e. The largest absolute Gasteiger partial charge is 0.384 e. The molecule has 1 aromatic heterocycles. The van der Waals surface area contributed by atoms with Gasteiger partial charge < -0.3 is 5.32 Å². The maximum absolute atomic E-state index is 12.5. The Morgan fingerprint density at radius 3 is 2.57 bits per heavy atom. The number of rotatable bonds is 6. The molecule has 0 aliphatic carbocycles. The van der Waals surface area contributed by atoms with Gasteiger partial charge in [-0.2, -0.15) is 0 Å². The van der Waals surface area contributed by atoms with Crippen LogP contribution in [-0.2, 0) is 10.0 Å². The minimum Gasteiger partial charge on any atom is -0.384 e. The molecule has 112 valence electrons. The van der Waals surface area contributed by atoms with E-state index in [1.165, 1.54) is 0 Å². The number of benzene rings is 1. The molecule has 0 fully saturated rings. The lowest BCUT2D eigenvalue weighted by molar-refractivity contribution is 0.601. The first kappa shape index (κ1) is 15.3. The van der Waals surface area contributed by atoms with Crippen LogP contribution in [-0.4, -0.2) is 19.9 Å². The van der Waals surface area contributed by atoms with E-state index in [9.17, 15) is 8.42 Å². The van der Waals surface area contributed by atoms with Crippen molar-refractivity contribution in [1.29, 1.82) is 0 Å². The van der Waals surface area contributed by atoms with Crippen molar-refractivity contribution in [1.82, 2.24) is 4.98 Å². The minimum absolute atomic E-state index is 0.223. The molecule has 0 saturated heterocycles. The van der Waals surface area contributed by atoms with Gasteiger partial charge in [0.05, 0.1) is 5.69 Å². The Kier molecular flexibility index (Phi) is 4.80. The lowest BCUT2D eigenvalue weighted by Crippen LogP contribution is -2.16. The van der Waals surface area contributed by atoms with E-state index in [0.29, 0.717) is 11.5 Å². The molecule has 2 N–H and O–H groups in total. The van der Waals surface area contributed by atoms with Crippen LogP contribution in [0.5, 0.6) is 0 Å². The van der Waals surface area contributed by atoms with E-state index in [1.54, 1.807) is 36.5 Å². The van der Waals surface area contributed by atoms with Gasteiger partial charge in [-0.3, -0.25) is 4.72 Å². The highest BCUT2D eigenvalue weighted by atomic mass is 32.2. The third-order valence-corrected chi connectivity index (χ3v) is 4.31. The predicted octanol–water partition coefficient (Wildman–Crippen LogP) is 3.01. The molecule has 0 saturated carbocycles. The molecule has 6 heteroatoms. The molecule has 0 amide bonds. The van der Waals surface area contributed by atoms with Gasteiger partial charge in [-0.05, 0) is 37.1 Å². The first-order valence-electron chi connectivity index (χ1n) is 6.81. The zero-order valence-corrected chi connectivity index (χ0v) is 12.9. The van der Waals surface area contributed by atoms with Crippen LogP contribution in [0.2, 0.25) is 0 Å². The number of pyridine rings is 1. The van der Waals surface area contributed by atoms with Gasteiger partial charge in [0.25, 0.3) is 10.0 Å². The molecule has 2 aromatic rings. The van der Waals surface area contributed by atoms with Gasteiger partial charge in [0.1, 0.15) is 10.7 Å². The molecule has 0 bridgehead atoms. The third-order valence-electron chi connectivity index (χ3n) is 2.89. The van der Waals surface area contributed by atoms with Gasteiger partial charge in [-0.25, -0.2) is 13.4 Å². The standard InChI is InChI=1S/C15H19N3O2S/c1-3-10-16-13-6-4-5-7-14(13)21(19,20)18-15-9-8-12(2)11-17-15/h4-9,11,16H,3,10H2,1-2H3,(H,17,18). The Morgan fingerprint density at radius 2 is 1.90 bits per heavy atom. The van der Waals surface area contributed by atoms with Crippen molar-refractivity contribution in [2.24, 2.45) is 0 Å². The van der Waals surface area contributed by atoms with Crippen molar-refractivity contribution in [3.63, 3.8) is 0 Å². The summed E-state index contributed by atoms with van der Waals surface area (Å²) in [5, 5.41) is 3.12. The van der Waals surface area contributed by atoms with Crippen LogP contribution in [0.25, 0.3) is 0 Å². The molecule has 0 atom stereocenters. The van der Waals surface area contributed by atoms with Gasteiger partial charge in [-0.1, -0.05) is 25.1 Å². The molecule has 1 aromatic carbocycles. The molecule has 0 aliphatic rings. The normalized spacial score (nSPS) is 11.1. The van der Waals surface area contributed by atoms with Gasteiger partial charge in [0, 0.05) is 12.7 Å². The van der Waals surface area contributed by atoms with E-state index in [0.717, 1.165) is 18.5 Å². The highest BCUT2D eigenvalue weighted by molar-refractivity contribution is 7.92. The Hall–Kier alpha value is -2.08. The number of sulfonamides is 1. The molecular formula is C15H19N3O2S. The van der Waals surface area contributed by atoms with Gasteiger partial charge in [0.15, 0.2) is 0 Å². The number of aryl methyl sites for hydroxylation is 1. The molecule has 21 heavy (non-hydrogen) atoms. The number of aromatic nitrogens is 1. The fourth-order valence-corrected chi connectivity index (χ4v) is 3.02. The summed E-state index contributed by atoms with van der Waals surface area (Å²) in [7, 11) is -3.66. The summed E-state index contributed by atoms with van der Waals surface area (Å²) in [6, 6.07) is 10.3. The van der Waals surface area contributed by atoms with Crippen LogP contribution in [0.4, 0.5) is 11.5 Å². The van der Waals surface area contributed by atoms with E-state index in [2.05, 4.69) is 15.0 Å². The summed E-state index contributed by atoms with van der Waals surface area (Å²) in [6.07, 6.45) is 2.54. The van der Waals surface area contributed by atoms with Crippen LogP contribution < -0.4 is 10.0 Å². The lowest BCUT2D eigenvalue weighted by atomic mass is 10.3. The fraction of sp³-hybridized carbons (Fsp3) is 0.267. The second-order valence-corrected chi connectivity index (χ2v) is 6.40. The SMILES string of the molecule is CCCNc1ccccc1S(=O)(=O)Nc1ccc(C)cn1. The summed E-state index contributed by atoms with van der Waals surface area (Å²) < 4.78 is 27.5. The van der Waals surface area contributed by atoms with Crippen LogP contribution >= 0.6 is 0 Å². The van der Waals surface area contributed by atoms with E-state index in [1.807, 2.05) is 19.9 Å². The first-order chi connectivity index (χ1) is 10.0. The quantitative estimate of drug-likeness (QED) is 0.860. The summed E-state index contributed by atoms with van der Waals surface area (Å²) in [4.78, 5) is 4.29. The summed E-state index contributed by atoms with van der Waals surface area (Å²) in [5.41, 5.74) is 1.57. The molecule has 0 spiro atoms. The highest BCUT2D eigenvalue weighted by Gasteiger charge is 2.18. The Bertz CT molecular complexity index is 697. The lowest BCUT2D eigenvalue weighted by Gasteiger charge is -2.13. The van der Waals surface area contributed by atoms with Gasteiger partial charge in [-0.15, -0.1) is 0 Å². The van der Waals surface area contributed by atoms with Gasteiger partial charge in [0.2, 0.25) is 0 Å². The molecular weight excluding hydrogens is 286 g/mol. The zero-order chi connectivity index (χ0) is 15.3. The van der Waals surface area contributed by atoms with E-state index >= 15 is 0 Å². The van der Waals surface area contributed by atoms with Crippen molar-refractivity contribution in [3.8, 4) is 0 Å². The fourth-order valence-electron chi connectivity index (χ4n) is 1.83. The highest BCUT2D eigenvalue weighted by Crippen LogP contribution is 2.23. The van der Waals surface area contributed by atoms with E-state index in [-0.39, 0.29) is 4.90 Å². The van der Waals surface area contributed by atoms with Gasteiger partial charge >= 0.3 is 0 Å². The maximum atomic E-state index is 12.5. The topological polar surface area (TPSA) is 71.1 Å². The maximum Gasteiger partial charge on any atom is 0.265 e. The van der Waals surface area contributed by atoms with Crippen molar-refractivity contribution in [2.75, 3.05) is 16.6 Å². The summed E-state index contributed by atoms with van der Waals surface area (Å²) in [6.45, 7) is 4.64. The molecule has 5 nitrogen and oxygen atoms in total.